The van der Waals surface area contributed by atoms with Gasteiger partial charge in [-0.05, 0) is 66.6 Å². The van der Waals surface area contributed by atoms with Crippen molar-refractivity contribution in [1.82, 2.24) is 4.90 Å². The molecule has 2 amide bonds. The third kappa shape index (κ3) is 4.83. The Bertz CT molecular complexity index is 954. The second-order valence-corrected chi connectivity index (χ2v) is 7.58. The number of non-ortho nitro benzene ring substituents is 1. The van der Waals surface area contributed by atoms with Gasteiger partial charge in [-0.15, -0.1) is 0 Å². The van der Waals surface area contributed by atoms with Gasteiger partial charge in [0.15, 0.2) is 0 Å². The van der Waals surface area contributed by atoms with Crippen molar-refractivity contribution in [1.29, 1.82) is 0 Å². The Morgan fingerprint density at radius 2 is 1.79 bits per heavy atom. The number of nitrogens with zero attached hydrogens (tertiary/aromatic N) is 2. The molecule has 0 aliphatic carbocycles. The number of nitro groups is 1. The minimum atomic E-state index is -0.444. The van der Waals surface area contributed by atoms with Crippen LogP contribution in [-0.2, 0) is 11.4 Å². The van der Waals surface area contributed by atoms with Crippen molar-refractivity contribution >= 4 is 34.7 Å². The fraction of sp³-hybridized carbons (Fsp3) is 0.238. The lowest BCUT2D eigenvalue weighted by Crippen LogP contribution is -2.36. The lowest BCUT2D eigenvalue weighted by atomic mass is 10.2. The van der Waals surface area contributed by atoms with Gasteiger partial charge in [0.2, 0.25) is 0 Å². The SMILES string of the molecule is CC[C@@H](C)N1C(=O)S/C(=C/c2ccc(OCc3ccc([N+](=O)[O-])cc3)cc2)C1=O. The van der Waals surface area contributed by atoms with Gasteiger partial charge in [-0.1, -0.05) is 19.1 Å². The van der Waals surface area contributed by atoms with Gasteiger partial charge in [0.25, 0.3) is 16.8 Å². The number of thioether (sulfide) groups is 1. The number of hydrogen-bond acceptors (Lipinski definition) is 6. The van der Waals surface area contributed by atoms with E-state index in [2.05, 4.69) is 0 Å². The zero-order valence-corrected chi connectivity index (χ0v) is 16.8. The Hall–Kier alpha value is -3.13. The van der Waals surface area contributed by atoms with Crippen molar-refractivity contribution in [2.75, 3.05) is 0 Å². The van der Waals surface area contributed by atoms with Crippen molar-refractivity contribution < 1.29 is 19.2 Å². The summed E-state index contributed by atoms with van der Waals surface area (Å²) in [6, 6.07) is 13.2. The molecule has 150 valence electrons. The molecule has 2 aromatic carbocycles. The first-order valence-electron chi connectivity index (χ1n) is 9.12. The van der Waals surface area contributed by atoms with Crippen LogP contribution in [0.15, 0.2) is 53.4 Å². The first-order valence-corrected chi connectivity index (χ1v) is 9.94. The maximum absolute atomic E-state index is 12.5. The Morgan fingerprint density at radius 3 is 2.38 bits per heavy atom. The highest BCUT2D eigenvalue weighted by Crippen LogP contribution is 2.34. The van der Waals surface area contributed by atoms with E-state index < -0.39 is 4.92 Å². The lowest BCUT2D eigenvalue weighted by molar-refractivity contribution is -0.384. The second-order valence-electron chi connectivity index (χ2n) is 6.59. The van der Waals surface area contributed by atoms with Crippen LogP contribution in [0.5, 0.6) is 5.75 Å². The number of rotatable bonds is 7. The summed E-state index contributed by atoms with van der Waals surface area (Å²) in [7, 11) is 0. The third-order valence-electron chi connectivity index (χ3n) is 4.59. The molecular weight excluding hydrogens is 392 g/mol. The fourth-order valence-corrected chi connectivity index (χ4v) is 3.66. The first kappa shape index (κ1) is 20.6. The number of carbonyl (C=O) groups is 2. The van der Waals surface area contributed by atoms with E-state index in [-0.39, 0.29) is 29.5 Å². The number of benzene rings is 2. The normalized spacial score (nSPS) is 16.3. The van der Waals surface area contributed by atoms with Crippen LogP contribution in [0.1, 0.15) is 31.4 Å². The lowest BCUT2D eigenvalue weighted by Gasteiger charge is -2.19. The molecule has 0 bridgehead atoms. The molecule has 1 aliphatic heterocycles. The number of ether oxygens (including phenoxy) is 1. The second kappa shape index (κ2) is 8.91. The van der Waals surface area contributed by atoms with Crippen LogP contribution >= 0.6 is 11.8 Å². The maximum Gasteiger partial charge on any atom is 0.293 e. The Labute approximate surface area is 172 Å². The Balaban J connectivity index is 1.63. The van der Waals surface area contributed by atoms with Crippen molar-refractivity contribution in [3.8, 4) is 5.75 Å². The number of carbonyl (C=O) groups excluding carboxylic acids is 2. The van der Waals surface area contributed by atoms with Gasteiger partial charge in [0, 0.05) is 18.2 Å². The van der Waals surface area contributed by atoms with E-state index in [9.17, 15) is 19.7 Å². The van der Waals surface area contributed by atoms with Gasteiger partial charge in [-0.25, -0.2) is 0 Å². The zero-order chi connectivity index (χ0) is 21.0. The quantitative estimate of drug-likeness (QED) is 0.361. The molecule has 0 saturated carbocycles. The highest BCUT2D eigenvalue weighted by atomic mass is 32.2. The van der Waals surface area contributed by atoms with Crippen LogP contribution in [0.4, 0.5) is 10.5 Å². The summed E-state index contributed by atoms with van der Waals surface area (Å²) in [5, 5.41) is 10.4. The standard InChI is InChI=1S/C21H20N2O5S/c1-3-14(2)22-20(24)19(29-21(22)25)12-15-6-10-18(11-7-15)28-13-16-4-8-17(9-5-16)23(26)27/h4-12,14H,3,13H2,1-2H3/b19-12+/t14-/m1/s1. The van der Waals surface area contributed by atoms with Gasteiger partial charge < -0.3 is 4.74 Å². The summed E-state index contributed by atoms with van der Waals surface area (Å²) in [6.07, 6.45) is 2.42. The molecule has 1 fully saturated rings. The molecule has 1 atom stereocenters. The topological polar surface area (TPSA) is 89.8 Å². The van der Waals surface area contributed by atoms with E-state index in [0.717, 1.165) is 22.9 Å². The van der Waals surface area contributed by atoms with Crippen LogP contribution in [0, 0.1) is 10.1 Å². The van der Waals surface area contributed by atoms with E-state index in [0.29, 0.717) is 17.1 Å². The van der Waals surface area contributed by atoms with Gasteiger partial charge in [-0.3, -0.25) is 24.6 Å². The summed E-state index contributed by atoms with van der Waals surface area (Å²) in [5.41, 5.74) is 1.65. The highest BCUT2D eigenvalue weighted by Gasteiger charge is 2.37. The van der Waals surface area contributed by atoms with Crippen molar-refractivity contribution in [2.45, 2.75) is 32.9 Å². The van der Waals surface area contributed by atoms with Crippen LogP contribution in [0.25, 0.3) is 6.08 Å². The zero-order valence-electron chi connectivity index (χ0n) is 16.0. The fourth-order valence-electron chi connectivity index (χ4n) is 2.73. The molecule has 0 radical (unpaired) electrons. The van der Waals surface area contributed by atoms with E-state index in [1.54, 1.807) is 30.3 Å². The summed E-state index contributed by atoms with van der Waals surface area (Å²) in [4.78, 5) is 36.5. The smallest absolute Gasteiger partial charge is 0.293 e. The maximum atomic E-state index is 12.5. The number of imide groups is 1. The van der Waals surface area contributed by atoms with Crippen molar-refractivity contribution in [2.24, 2.45) is 0 Å². The average molecular weight is 412 g/mol. The predicted octanol–water partition coefficient (Wildman–Crippen LogP) is 5.01. The Morgan fingerprint density at radius 1 is 1.14 bits per heavy atom. The summed E-state index contributed by atoms with van der Waals surface area (Å²) < 4.78 is 5.69. The van der Waals surface area contributed by atoms with Gasteiger partial charge in [0.1, 0.15) is 12.4 Å². The average Bonchev–Trinajstić information content (AvgIpc) is 3.00. The number of amides is 2. The van der Waals surface area contributed by atoms with Gasteiger partial charge >= 0.3 is 0 Å². The largest absolute Gasteiger partial charge is 0.489 e. The minimum absolute atomic E-state index is 0.0378. The van der Waals surface area contributed by atoms with E-state index in [1.807, 2.05) is 26.0 Å². The minimum Gasteiger partial charge on any atom is -0.489 e. The molecule has 29 heavy (non-hydrogen) atoms. The molecule has 0 aromatic heterocycles. The highest BCUT2D eigenvalue weighted by molar-refractivity contribution is 8.18. The molecule has 0 spiro atoms. The molecule has 8 heteroatoms. The van der Waals surface area contributed by atoms with Crippen LogP contribution < -0.4 is 4.74 Å². The molecule has 0 unspecified atom stereocenters. The number of nitro benzene ring substituents is 1. The summed E-state index contributed by atoms with van der Waals surface area (Å²) >= 11 is 0.955. The Kier molecular flexibility index (Phi) is 6.33. The molecule has 0 N–H and O–H groups in total. The summed E-state index contributed by atoms with van der Waals surface area (Å²) in [6.45, 7) is 4.08. The molecule has 7 nitrogen and oxygen atoms in total. The molecule has 1 saturated heterocycles. The molecule has 1 heterocycles. The summed E-state index contributed by atoms with van der Waals surface area (Å²) in [5.74, 6) is 0.376. The molecule has 1 aliphatic rings. The number of hydrogen-bond donors (Lipinski definition) is 0. The van der Waals surface area contributed by atoms with Crippen molar-refractivity contribution in [3.63, 3.8) is 0 Å². The predicted molar refractivity (Wildman–Crippen MR) is 111 cm³/mol. The molecule has 2 aromatic rings. The van der Waals surface area contributed by atoms with Crippen LogP contribution in [0.2, 0.25) is 0 Å². The molecular formula is C21H20N2O5S. The van der Waals surface area contributed by atoms with E-state index >= 15 is 0 Å². The first-order chi connectivity index (χ1) is 13.9. The van der Waals surface area contributed by atoms with Gasteiger partial charge in [-0.2, -0.15) is 0 Å². The third-order valence-corrected chi connectivity index (χ3v) is 5.47. The van der Waals surface area contributed by atoms with Crippen molar-refractivity contribution in [3.05, 3.63) is 74.7 Å². The van der Waals surface area contributed by atoms with E-state index in [4.69, 9.17) is 4.74 Å². The molecule has 3 rings (SSSR count). The van der Waals surface area contributed by atoms with Crippen LogP contribution in [0.3, 0.4) is 0 Å². The monoisotopic (exact) mass is 412 g/mol. The van der Waals surface area contributed by atoms with E-state index in [1.165, 1.54) is 17.0 Å². The van der Waals surface area contributed by atoms with Gasteiger partial charge in [0.05, 0.1) is 9.83 Å². The van der Waals surface area contributed by atoms with Crippen LogP contribution in [-0.4, -0.2) is 27.0 Å².